The fourth-order valence-electron chi connectivity index (χ4n) is 10.5. The van der Waals surface area contributed by atoms with Crippen molar-refractivity contribution >= 4 is 17.8 Å². The van der Waals surface area contributed by atoms with Crippen LogP contribution in [0.2, 0.25) is 0 Å². The highest BCUT2D eigenvalue weighted by molar-refractivity contribution is 5.76. The summed E-state index contributed by atoms with van der Waals surface area (Å²) in [6, 6.07) is 0.325. The van der Waals surface area contributed by atoms with Gasteiger partial charge in [0.2, 0.25) is 5.91 Å². The van der Waals surface area contributed by atoms with Crippen molar-refractivity contribution in [1.29, 1.82) is 0 Å². The van der Waals surface area contributed by atoms with Crippen LogP contribution in [0.5, 0.6) is 0 Å². The summed E-state index contributed by atoms with van der Waals surface area (Å²) in [4.78, 5) is 46.9. The summed E-state index contributed by atoms with van der Waals surface area (Å²) in [7, 11) is 2.23. The lowest BCUT2D eigenvalue weighted by Gasteiger charge is -2.34. The molecule has 0 saturated carbocycles. The van der Waals surface area contributed by atoms with Gasteiger partial charge in [0.25, 0.3) is 0 Å². The Balaban J connectivity index is 2.69. The Kier molecular flexibility index (Phi) is 46.0. The standard InChI is InChI=1S/C61H119N3O5/c1-7-12-17-20-27-34-45-59(65)64(49-38-37-48-63-52-50-62(6)51-53-63)58(43-32-25-21-23-28-35-46-60(66)68-54-56(39-15-10-4)41-30-18-13-8-2)44-33-26-22-24-29-36-47-61(67)69-55-57(40-16-11-5)42-31-19-14-9-3/h56-58H,7-55H2,1-6H3. The number of hydrogen-bond acceptors (Lipinski definition) is 7. The lowest BCUT2D eigenvalue weighted by atomic mass is 9.96. The van der Waals surface area contributed by atoms with E-state index in [-0.39, 0.29) is 11.9 Å². The first kappa shape index (κ1) is 65.3. The van der Waals surface area contributed by atoms with Gasteiger partial charge >= 0.3 is 11.9 Å². The van der Waals surface area contributed by atoms with Crippen molar-refractivity contribution in [2.45, 2.75) is 304 Å². The Labute approximate surface area is 430 Å². The Hall–Kier alpha value is -1.67. The van der Waals surface area contributed by atoms with E-state index in [0.29, 0.717) is 56.3 Å². The number of carbonyl (C=O) groups excluding carboxylic acids is 3. The van der Waals surface area contributed by atoms with Gasteiger partial charge in [-0.15, -0.1) is 0 Å². The minimum atomic E-state index is -0.00304. The molecule has 0 radical (unpaired) electrons. The molecule has 2 unspecified atom stereocenters. The van der Waals surface area contributed by atoms with Crippen LogP contribution in [-0.2, 0) is 23.9 Å². The van der Waals surface area contributed by atoms with Crippen LogP contribution in [0, 0.1) is 11.8 Å². The number of esters is 2. The molecule has 0 bridgehead atoms. The number of amides is 1. The van der Waals surface area contributed by atoms with E-state index in [1.54, 1.807) is 0 Å². The number of likely N-dealkylation sites (N-methyl/N-ethyl adjacent to an activating group) is 1. The first-order chi connectivity index (χ1) is 33.8. The van der Waals surface area contributed by atoms with Crippen molar-refractivity contribution < 1.29 is 23.9 Å². The summed E-state index contributed by atoms with van der Waals surface area (Å²) in [5, 5.41) is 0. The summed E-state index contributed by atoms with van der Waals surface area (Å²) in [6.45, 7) is 19.2. The molecule has 1 fully saturated rings. The van der Waals surface area contributed by atoms with E-state index in [1.165, 1.54) is 173 Å². The Morgan fingerprint density at radius 2 is 0.768 bits per heavy atom. The quantitative estimate of drug-likeness (QED) is 0.0444. The first-order valence-electron chi connectivity index (χ1n) is 30.8. The average Bonchev–Trinajstić information content (AvgIpc) is 3.35. The molecule has 0 aromatic carbocycles. The van der Waals surface area contributed by atoms with Gasteiger partial charge in [-0.1, -0.05) is 208 Å². The second-order valence-corrected chi connectivity index (χ2v) is 22.0. The van der Waals surface area contributed by atoms with Crippen molar-refractivity contribution in [2.24, 2.45) is 11.8 Å². The second kappa shape index (κ2) is 48.6. The molecule has 1 aliphatic rings. The maximum absolute atomic E-state index is 14.2. The molecule has 1 saturated heterocycles. The molecule has 0 aliphatic carbocycles. The molecular weight excluding hydrogens is 855 g/mol. The summed E-state index contributed by atoms with van der Waals surface area (Å²) in [5.41, 5.74) is 0. The van der Waals surface area contributed by atoms with Crippen LogP contribution in [0.4, 0.5) is 0 Å². The zero-order chi connectivity index (χ0) is 50.3. The van der Waals surface area contributed by atoms with E-state index in [2.05, 4.69) is 56.4 Å². The molecule has 408 valence electrons. The van der Waals surface area contributed by atoms with Gasteiger partial charge in [0.05, 0.1) is 13.2 Å². The summed E-state index contributed by atoms with van der Waals surface area (Å²) >= 11 is 0. The fourth-order valence-corrected chi connectivity index (χ4v) is 10.5. The van der Waals surface area contributed by atoms with Crippen LogP contribution in [0.1, 0.15) is 298 Å². The maximum atomic E-state index is 14.2. The van der Waals surface area contributed by atoms with Crippen molar-refractivity contribution in [3.63, 3.8) is 0 Å². The zero-order valence-corrected chi connectivity index (χ0v) is 47.3. The lowest BCUT2D eigenvalue weighted by molar-refractivity contribution is -0.146. The normalized spacial score (nSPS) is 14.8. The van der Waals surface area contributed by atoms with Crippen molar-refractivity contribution in [2.75, 3.05) is 59.5 Å². The average molecular weight is 975 g/mol. The molecule has 0 N–H and O–H groups in total. The predicted molar refractivity (Wildman–Crippen MR) is 296 cm³/mol. The summed E-state index contributed by atoms with van der Waals surface area (Å²) < 4.78 is 11.6. The van der Waals surface area contributed by atoms with Gasteiger partial charge in [-0.05, 0) is 96.1 Å². The number of rotatable bonds is 51. The molecule has 69 heavy (non-hydrogen) atoms. The molecule has 1 heterocycles. The van der Waals surface area contributed by atoms with Crippen LogP contribution >= 0.6 is 0 Å². The van der Waals surface area contributed by atoms with E-state index in [9.17, 15) is 14.4 Å². The monoisotopic (exact) mass is 974 g/mol. The minimum absolute atomic E-state index is 0.00304. The van der Waals surface area contributed by atoms with Crippen LogP contribution in [0.25, 0.3) is 0 Å². The van der Waals surface area contributed by atoms with Gasteiger partial charge in [0, 0.05) is 58.0 Å². The summed E-state index contributed by atoms with van der Waals surface area (Å²) in [6.07, 6.45) is 46.8. The smallest absolute Gasteiger partial charge is 0.305 e. The number of piperazine rings is 1. The highest BCUT2D eigenvalue weighted by Gasteiger charge is 2.23. The Bertz CT molecular complexity index is 1090. The number of ether oxygens (including phenoxy) is 2. The van der Waals surface area contributed by atoms with Crippen molar-refractivity contribution in [3.05, 3.63) is 0 Å². The predicted octanol–water partition coefficient (Wildman–Crippen LogP) is 16.8. The highest BCUT2D eigenvalue weighted by atomic mass is 16.5. The SMILES string of the molecule is CCCCCCCCC(=O)N(CCCCN1CCN(C)CC1)C(CCCCCCCCC(=O)OCC(CCCC)CCCCCC)CCCCCCCCC(=O)OCC(CCCC)CCCCCC. The van der Waals surface area contributed by atoms with Gasteiger partial charge in [-0.25, -0.2) is 0 Å². The highest BCUT2D eigenvalue weighted by Crippen LogP contribution is 2.24. The van der Waals surface area contributed by atoms with Gasteiger partial charge in [0.1, 0.15) is 0 Å². The molecule has 8 nitrogen and oxygen atoms in total. The Morgan fingerprint density at radius 1 is 0.406 bits per heavy atom. The van der Waals surface area contributed by atoms with Gasteiger partial charge in [-0.2, -0.15) is 0 Å². The molecular formula is C61H119N3O5. The Morgan fingerprint density at radius 3 is 1.22 bits per heavy atom. The number of unbranched alkanes of at least 4 members (excludes halogenated alkanes) is 24. The van der Waals surface area contributed by atoms with Gasteiger partial charge in [-0.3, -0.25) is 14.4 Å². The molecule has 2 atom stereocenters. The topological polar surface area (TPSA) is 79.4 Å². The molecule has 0 spiro atoms. The van der Waals surface area contributed by atoms with Crippen LogP contribution < -0.4 is 0 Å². The molecule has 8 heteroatoms. The zero-order valence-electron chi connectivity index (χ0n) is 47.3. The molecule has 1 rings (SSSR count). The summed E-state index contributed by atoms with van der Waals surface area (Å²) in [5.74, 6) is 1.44. The molecule has 0 aromatic rings. The number of nitrogens with zero attached hydrogens (tertiary/aromatic N) is 3. The maximum Gasteiger partial charge on any atom is 0.305 e. The van der Waals surface area contributed by atoms with Gasteiger partial charge < -0.3 is 24.2 Å². The fraction of sp³-hybridized carbons (Fsp3) is 0.951. The third kappa shape index (κ3) is 39.5. The van der Waals surface area contributed by atoms with E-state index in [4.69, 9.17) is 9.47 Å². The van der Waals surface area contributed by atoms with Gasteiger partial charge in [0.15, 0.2) is 0 Å². The largest absolute Gasteiger partial charge is 0.465 e. The molecule has 1 amide bonds. The lowest BCUT2D eigenvalue weighted by Crippen LogP contribution is -2.45. The van der Waals surface area contributed by atoms with E-state index in [1.807, 2.05) is 0 Å². The first-order valence-corrected chi connectivity index (χ1v) is 30.8. The minimum Gasteiger partial charge on any atom is -0.465 e. The molecule has 1 aliphatic heterocycles. The van der Waals surface area contributed by atoms with Crippen molar-refractivity contribution in [1.82, 2.24) is 14.7 Å². The van der Waals surface area contributed by atoms with E-state index in [0.717, 1.165) is 110 Å². The molecule has 0 aromatic heterocycles. The number of hydrogen-bond donors (Lipinski definition) is 0. The van der Waals surface area contributed by atoms with Crippen LogP contribution in [0.3, 0.4) is 0 Å². The third-order valence-electron chi connectivity index (χ3n) is 15.4. The van der Waals surface area contributed by atoms with E-state index < -0.39 is 0 Å². The number of carbonyl (C=O) groups is 3. The van der Waals surface area contributed by atoms with Crippen LogP contribution in [-0.4, -0.2) is 98.1 Å². The third-order valence-corrected chi connectivity index (χ3v) is 15.4. The van der Waals surface area contributed by atoms with Crippen LogP contribution in [0.15, 0.2) is 0 Å². The van der Waals surface area contributed by atoms with Crippen molar-refractivity contribution in [3.8, 4) is 0 Å². The second-order valence-electron chi connectivity index (χ2n) is 22.0. The van der Waals surface area contributed by atoms with E-state index >= 15 is 0 Å².